The largest absolute Gasteiger partial charge is 0.416 e. The van der Waals surface area contributed by atoms with E-state index < -0.39 is 11.7 Å². The van der Waals surface area contributed by atoms with Gasteiger partial charge in [-0.05, 0) is 24.5 Å². The summed E-state index contributed by atoms with van der Waals surface area (Å²) >= 11 is 0. The van der Waals surface area contributed by atoms with Crippen molar-refractivity contribution in [3.05, 3.63) is 35.4 Å². The second kappa shape index (κ2) is 7.27. The van der Waals surface area contributed by atoms with Crippen LogP contribution in [-0.4, -0.2) is 29.2 Å². The number of benzene rings is 1. The Labute approximate surface area is 123 Å². The highest BCUT2D eigenvalue weighted by Gasteiger charge is 2.30. The third kappa shape index (κ3) is 4.71. The van der Waals surface area contributed by atoms with Gasteiger partial charge in [0.25, 0.3) is 0 Å². The summed E-state index contributed by atoms with van der Waals surface area (Å²) in [6.07, 6.45) is 1.39. The number of nitrogens with zero attached hydrogens (tertiary/aromatic N) is 1. The Kier molecular flexibility index (Phi) is 5.65. The van der Waals surface area contributed by atoms with Gasteiger partial charge in [0.05, 0.1) is 12.2 Å². The highest BCUT2D eigenvalue weighted by atomic mass is 19.4. The molecule has 1 aliphatic carbocycles. The van der Waals surface area contributed by atoms with Gasteiger partial charge in [0.2, 0.25) is 0 Å². The van der Waals surface area contributed by atoms with E-state index in [1.54, 1.807) is 6.07 Å². The lowest BCUT2D eigenvalue weighted by Crippen LogP contribution is -2.38. The van der Waals surface area contributed by atoms with Crippen LogP contribution >= 0.6 is 0 Å². The third-order valence-corrected chi connectivity index (χ3v) is 4.12. The van der Waals surface area contributed by atoms with Crippen molar-refractivity contribution in [3.8, 4) is 0 Å². The molecule has 0 saturated heterocycles. The molecule has 5 heteroatoms. The lowest BCUT2D eigenvalue weighted by Gasteiger charge is -2.34. The molecule has 0 aliphatic heterocycles. The summed E-state index contributed by atoms with van der Waals surface area (Å²) in [4.78, 5) is 2.12. The summed E-state index contributed by atoms with van der Waals surface area (Å²) in [5, 5.41) is 9.21. The summed E-state index contributed by atoms with van der Waals surface area (Å²) in [6.45, 7) is 1.02. The fourth-order valence-corrected chi connectivity index (χ4v) is 3.05. The number of aliphatic hydroxyl groups excluding tert-OH is 1. The molecule has 0 spiro atoms. The van der Waals surface area contributed by atoms with Gasteiger partial charge in [-0.3, -0.25) is 4.90 Å². The van der Waals surface area contributed by atoms with Crippen LogP contribution in [0.3, 0.4) is 0 Å². The molecule has 0 unspecified atom stereocenters. The topological polar surface area (TPSA) is 23.5 Å². The van der Waals surface area contributed by atoms with Crippen LogP contribution < -0.4 is 0 Å². The molecule has 0 radical (unpaired) electrons. The van der Waals surface area contributed by atoms with Crippen LogP contribution in [-0.2, 0) is 12.7 Å². The molecule has 0 amide bonds. The Morgan fingerprint density at radius 2 is 1.86 bits per heavy atom. The lowest BCUT2D eigenvalue weighted by molar-refractivity contribution is -0.137. The Morgan fingerprint density at radius 1 is 1.14 bits per heavy atom. The van der Waals surface area contributed by atoms with Crippen LogP contribution in [0, 0.1) is 0 Å². The molecular weight excluding hydrogens is 279 g/mol. The highest BCUT2D eigenvalue weighted by Crippen LogP contribution is 2.30. The van der Waals surface area contributed by atoms with Crippen molar-refractivity contribution in [1.82, 2.24) is 4.90 Å². The molecule has 0 heterocycles. The molecule has 1 aliphatic rings. The van der Waals surface area contributed by atoms with E-state index in [1.165, 1.54) is 18.6 Å². The quantitative estimate of drug-likeness (QED) is 0.893. The molecular formula is C16H22F3NO. The highest BCUT2D eigenvalue weighted by molar-refractivity contribution is 5.25. The van der Waals surface area contributed by atoms with Gasteiger partial charge in [-0.2, -0.15) is 13.2 Å². The van der Waals surface area contributed by atoms with Crippen LogP contribution in [0.5, 0.6) is 0 Å². The fourth-order valence-electron chi connectivity index (χ4n) is 3.05. The van der Waals surface area contributed by atoms with E-state index in [-0.39, 0.29) is 6.61 Å². The second-order valence-corrected chi connectivity index (χ2v) is 5.68. The molecule has 0 bridgehead atoms. The maximum absolute atomic E-state index is 12.8. The zero-order valence-corrected chi connectivity index (χ0v) is 12.1. The predicted molar refractivity (Wildman–Crippen MR) is 75.8 cm³/mol. The zero-order valence-electron chi connectivity index (χ0n) is 12.1. The molecule has 1 saturated carbocycles. The first-order valence-electron chi connectivity index (χ1n) is 7.52. The van der Waals surface area contributed by atoms with E-state index >= 15 is 0 Å². The maximum atomic E-state index is 12.8. The average molecular weight is 301 g/mol. The molecule has 2 rings (SSSR count). The van der Waals surface area contributed by atoms with Crippen LogP contribution in [0.2, 0.25) is 0 Å². The Balaban J connectivity index is 2.09. The number of hydrogen-bond donors (Lipinski definition) is 1. The summed E-state index contributed by atoms with van der Waals surface area (Å²) in [6, 6.07) is 5.87. The maximum Gasteiger partial charge on any atom is 0.416 e. The molecule has 0 aromatic heterocycles. The number of rotatable bonds is 5. The standard InChI is InChI=1S/C16H22F3NO/c17-16(18,19)14-6-4-5-13(11-14)12-20(9-10-21)15-7-2-1-3-8-15/h4-6,11,15,21H,1-3,7-10,12H2. The molecule has 1 fully saturated rings. The first-order valence-corrected chi connectivity index (χ1v) is 7.52. The number of hydrogen-bond acceptors (Lipinski definition) is 2. The van der Waals surface area contributed by atoms with E-state index in [9.17, 15) is 18.3 Å². The Hall–Kier alpha value is -1.07. The second-order valence-electron chi connectivity index (χ2n) is 5.68. The zero-order chi connectivity index (χ0) is 15.3. The van der Waals surface area contributed by atoms with Crippen molar-refractivity contribution in [2.45, 2.75) is 50.9 Å². The van der Waals surface area contributed by atoms with E-state index in [4.69, 9.17) is 0 Å². The van der Waals surface area contributed by atoms with Crippen molar-refractivity contribution in [2.24, 2.45) is 0 Å². The van der Waals surface area contributed by atoms with Gasteiger partial charge in [0.1, 0.15) is 0 Å². The summed E-state index contributed by atoms with van der Waals surface area (Å²) in [5.74, 6) is 0. The summed E-state index contributed by atoms with van der Waals surface area (Å²) < 4.78 is 38.3. The molecule has 118 valence electrons. The third-order valence-electron chi connectivity index (χ3n) is 4.12. The Morgan fingerprint density at radius 3 is 2.48 bits per heavy atom. The molecule has 2 nitrogen and oxygen atoms in total. The van der Waals surface area contributed by atoms with E-state index in [1.807, 2.05) is 0 Å². The SMILES string of the molecule is OCCN(Cc1cccc(C(F)(F)F)c1)C1CCCCC1. The van der Waals surface area contributed by atoms with Crippen molar-refractivity contribution in [2.75, 3.05) is 13.2 Å². The van der Waals surface area contributed by atoms with E-state index in [2.05, 4.69) is 4.90 Å². The van der Waals surface area contributed by atoms with Gasteiger partial charge in [-0.25, -0.2) is 0 Å². The van der Waals surface area contributed by atoms with Gasteiger partial charge in [-0.15, -0.1) is 0 Å². The molecule has 1 N–H and O–H groups in total. The van der Waals surface area contributed by atoms with Crippen molar-refractivity contribution in [3.63, 3.8) is 0 Å². The first kappa shape index (κ1) is 16.3. The molecule has 21 heavy (non-hydrogen) atoms. The van der Waals surface area contributed by atoms with Gasteiger partial charge >= 0.3 is 6.18 Å². The molecule has 0 atom stereocenters. The minimum Gasteiger partial charge on any atom is -0.395 e. The van der Waals surface area contributed by atoms with E-state index in [0.29, 0.717) is 24.7 Å². The van der Waals surface area contributed by atoms with Gasteiger partial charge in [-0.1, -0.05) is 37.5 Å². The molecule has 1 aromatic rings. The van der Waals surface area contributed by atoms with Crippen LogP contribution in [0.1, 0.15) is 43.2 Å². The van der Waals surface area contributed by atoms with Crippen LogP contribution in [0.4, 0.5) is 13.2 Å². The minimum absolute atomic E-state index is 0.0372. The minimum atomic E-state index is -4.30. The molecule has 1 aromatic carbocycles. The first-order chi connectivity index (χ1) is 10.0. The average Bonchev–Trinajstić information content (AvgIpc) is 2.47. The smallest absolute Gasteiger partial charge is 0.395 e. The Bertz CT molecular complexity index is 441. The number of aliphatic hydroxyl groups is 1. The van der Waals surface area contributed by atoms with Gasteiger partial charge in [0.15, 0.2) is 0 Å². The fraction of sp³-hybridized carbons (Fsp3) is 0.625. The summed E-state index contributed by atoms with van der Waals surface area (Å²) in [7, 11) is 0. The monoisotopic (exact) mass is 301 g/mol. The predicted octanol–water partition coefficient (Wildman–Crippen LogP) is 3.83. The van der Waals surface area contributed by atoms with E-state index in [0.717, 1.165) is 31.7 Å². The number of halogens is 3. The van der Waals surface area contributed by atoms with Crippen LogP contribution in [0.25, 0.3) is 0 Å². The van der Waals surface area contributed by atoms with Gasteiger partial charge < -0.3 is 5.11 Å². The summed E-state index contributed by atoms with van der Waals surface area (Å²) in [5.41, 5.74) is 0.0523. The lowest BCUT2D eigenvalue weighted by atomic mass is 9.93. The number of alkyl halides is 3. The van der Waals surface area contributed by atoms with Crippen molar-refractivity contribution < 1.29 is 18.3 Å². The van der Waals surface area contributed by atoms with Gasteiger partial charge in [0, 0.05) is 19.1 Å². The normalized spacial score (nSPS) is 17.4. The van der Waals surface area contributed by atoms with Crippen LogP contribution in [0.15, 0.2) is 24.3 Å². The van der Waals surface area contributed by atoms with Crippen molar-refractivity contribution in [1.29, 1.82) is 0 Å². The van der Waals surface area contributed by atoms with Crippen molar-refractivity contribution >= 4 is 0 Å².